The first-order valence-corrected chi connectivity index (χ1v) is 12.2. The zero-order valence-corrected chi connectivity index (χ0v) is 19.5. The third-order valence-corrected chi connectivity index (χ3v) is 6.55. The Morgan fingerprint density at radius 1 is 1.25 bits per heavy atom. The van der Waals surface area contributed by atoms with Crippen molar-refractivity contribution < 1.29 is 0 Å². The molecule has 5 rings (SSSR count). The molecule has 7 nitrogen and oxygen atoms in total. The predicted octanol–water partition coefficient (Wildman–Crippen LogP) is 5.13. The van der Waals surface area contributed by atoms with Crippen molar-refractivity contribution in [2.75, 3.05) is 18.9 Å². The molecule has 4 aromatic rings. The summed E-state index contributed by atoms with van der Waals surface area (Å²) in [7, 11) is 2.18. The summed E-state index contributed by atoms with van der Waals surface area (Å²) in [5.74, 6) is 1.55. The molecule has 32 heavy (non-hydrogen) atoms. The fraction of sp³-hybridized carbons (Fsp3) is 0.417. The number of rotatable bonds is 10. The van der Waals surface area contributed by atoms with Gasteiger partial charge in [0.1, 0.15) is 10.8 Å². The molecule has 0 bridgehead atoms. The third kappa shape index (κ3) is 4.66. The van der Waals surface area contributed by atoms with Gasteiger partial charge in [0.15, 0.2) is 11.5 Å². The van der Waals surface area contributed by atoms with Crippen LogP contribution in [0.4, 0.5) is 5.82 Å². The van der Waals surface area contributed by atoms with E-state index < -0.39 is 0 Å². The summed E-state index contributed by atoms with van der Waals surface area (Å²) in [6.45, 7) is 4.90. The predicted molar refractivity (Wildman–Crippen MR) is 130 cm³/mol. The van der Waals surface area contributed by atoms with Gasteiger partial charge in [-0.2, -0.15) is 5.10 Å². The molecule has 3 heterocycles. The minimum atomic E-state index is 0.459. The van der Waals surface area contributed by atoms with Gasteiger partial charge in [0.05, 0.1) is 24.2 Å². The van der Waals surface area contributed by atoms with Crippen molar-refractivity contribution >= 4 is 28.2 Å². The van der Waals surface area contributed by atoms with E-state index in [1.54, 1.807) is 11.3 Å². The van der Waals surface area contributed by atoms with Crippen LogP contribution in [-0.2, 0) is 13.1 Å². The average molecular weight is 448 g/mol. The Balaban J connectivity index is 1.48. The fourth-order valence-corrected chi connectivity index (χ4v) is 4.46. The average Bonchev–Trinajstić information content (AvgIpc) is 3.33. The zero-order valence-electron chi connectivity index (χ0n) is 18.7. The lowest BCUT2D eigenvalue weighted by Gasteiger charge is -2.16. The van der Waals surface area contributed by atoms with Gasteiger partial charge in [-0.1, -0.05) is 31.5 Å². The number of unbranched alkanes of at least 4 members (excludes halogenated alkanes) is 1. The first-order valence-electron chi connectivity index (χ1n) is 11.4. The lowest BCUT2D eigenvalue weighted by Crippen LogP contribution is -2.18. The maximum absolute atomic E-state index is 4.96. The minimum absolute atomic E-state index is 0.459. The zero-order chi connectivity index (χ0) is 21.9. The Morgan fingerprint density at radius 3 is 2.94 bits per heavy atom. The van der Waals surface area contributed by atoms with Crippen LogP contribution in [0.25, 0.3) is 22.4 Å². The summed E-state index contributed by atoms with van der Waals surface area (Å²) in [6.07, 6.45) is 8.48. The number of aromatic nitrogens is 5. The summed E-state index contributed by atoms with van der Waals surface area (Å²) >= 11 is 1.64. The SMILES string of the molecule is CCCCN(C)Cc1cccc(-c2nc(NCc3nccs3)c3cnn(C4CC4)c3n2)c1. The number of hydrogen-bond acceptors (Lipinski definition) is 7. The van der Waals surface area contributed by atoms with Gasteiger partial charge in [0.2, 0.25) is 0 Å². The summed E-state index contributed by atoms with van der Waals surface area (Å²) < 4.78 is 2.07. The van der Waals surface area contributed by atoms with E-state index in [0.29, 0.717) is 12.6 Å². The number of nitrogens with zero attached hydrogens (tertiary/aromatic N) is 6. The molecular formula is C24H29N7S. The molecule has 0 spiro atoms. The number of hydrogen-bond donors (Lipinski definition) is 1. The number of thiazole rings is 1. The second-order valence-corrected chi connectivity index (χ2v) is 9.50. The Kier molecular flexibility index (Phi) is 6.14. The van der Waals surface area contributed by atoms with Crippen LogP contribution in [-0.4, -0.2) is 43.2 Å². The van der Waals surface area contributed by atoms with E-state index in [9.17, 15) is 0 Å². The maximum atomic E-state index is 4.96. The smallest absolute Gasteiger partial charge is 0.164 e. The third-order valence-electron chi connectivity index (χ3n) is 5.77. The van der Waals surface area contributed by atoms with Crippen LogP contribution in [0.2, 0.25) is 0 Å². The number of nitrogens with one attached hydrogen (secondary N) is 1. The largest absolute Gasteiger partial charge is 0.363 e. The van der Waals surface area contributed by atoms with Crippen molar-refractivity contribution in [3.8, 4) is 11.4 Å². The molecule has 0 amide bonds. The van der Waals surface area contributed by atoms with Crippen molar-refractivity contribution in [3.63, 3.8) is 0 Å². The van der Waals surface area contributed by atoms with Crippen LogP contribution in [0.3, 0.4) is 0 Å². The molecule has 8 heteroatoms. The van der Waals surface area contributed by atoms with Gasteiger partial charge in [-0.15, -0.1) is 11.3 Å². The van der Waals surface area contributed by atoms with Crippen molar-refractivity contribution in [2.45, 2.75) is 51.7 Å². The minimum Gasteiger partial charge on any atom is -0.363 e. The van der Waals surface area contributed by atoms with Crippen LogP contribution in [0.1, 0.15) is 49.2 Å². The number of anilines is 1. The van der Waals surface area contributed by atoms with Crippen LogP contribution in [0, 0.1) is 0 Å². The highest BCUT2D eigenvalue weighted by molar-refractivity contribution is 7.09. The molecule has 1 aliphatic carbocycles. The highest BCUT2D eigenvalue weighted by atomic mass is 32.1. The van der Waals surface area contributed by atoms with E-state index in [1.165, 1.54) is 18.4 Å². The molecule has 166 valence electrons. The maximum Gasteiger partial charge on any atom is 0.164 e. The van der Waals surface area contributed by atoms with E-state index in [2.05, 4.69) is 63.2 Å². The van der Waals surface area contributed by atoms with Gasteiger partial charge in [-0.05, 0) is 44.5 Å². The summed E-state index contributed by atoms with van der Waals surface area (Å²) in [5, 5.41) is 12.1. The number of fused-ring (bicyclic) bond motifs is 1. The van der Waals surface area contributed by atoms with Crippen LogP contribution in [0.15, 0.2) is 42.0 Å². The summed E-state index contributed by atoms with van der Waals surface area (Å²) in [4.78, 5) is 16.6. The van der Waals surface area contributed by atoms with Crippen molar-refractivity contribution in [1.82, 2.24) is 29.6 Å². The van der Waals surface area contributed by atoms with Crippen LogP contribution in [0.5, 0.6) is 0 Å². The molecule has 0 aliphatic heterocycles. The van der Waals surface area contributed by atoms with Crippen molar-refractivity contribution in [1.29, 1.82) is 0 Å². The molecule has 1 aliphatic rings. The lowest BCUT2D eigenvalue weighted by atomic mass is 10.1. The second-order valence-electron chi connectivity index (χ2n) is 8.52. The van der Waals surface area contributed by atoms with E-state index in [0.717, 1.165) is 59.2 Å². The van der Waals surface area contributed by atoms with Gasteiger partial charge in [0.25, 0.3) is 0 Å². The van der Waals surface area contributed by atoms with Crippen LogP contribution < -0.4 is 5.32 Å². The lowest BCUT2D eigenvalue weighted by molar-refractivity contribution is 0.321. The molecule has 0 atom stereocenters. The molecule has 1 aromatic carbocycles. The molecule has 0 unspecified atom stereocenters. The Hall–Kier alpha value is -2.84. The second kappa shape index (κ2) is 9.34. The summed E-state index contributed by atoms with van der Waals surface area (Å²) in [5.41, 5.74) is 3.22. The summed E-state index contributed by atoms with van der Waals surface area (Å²) in [6, 6.07) is 9.05. The standard InChI is InChI=1S/C24H29N7S/c1-3-4-11-30(2)16-17-6-5-7-18(13-17)22-28-23(26-15-21-25-10-12-32-21)20-14-27-31(19-8-9-19)24(20)29-22/h5-7,10,12-14,19H,3-4,8-9,11,15-16H2,1-2H3,(H,26,28,29). The van der Waals surface area contributed by atoms with E-state index in [-0.39, 0.29) is 0 Å². The first-order chi connectivity index (χ1) is 15.7. The molecule has 0 radical (unpaired) electrons. The van der Waals surface area contributed by atoms with Crippen molar-refractivity contribution in [2.24, 2.45) is 0 Å². The fourth-order valence-electron chi connectivity index (χ4n) is 3.90. The normalized spacial score (nSPS) is 13.8. The van der Waals surface area contributed by atoms with Crippen LogP contribution >= 0.6 is 11.3 Å². The van der Waals surface area contributed by atoms with Gasteiger partial charge >= 0.3 is 0 Å². The number of benzene rings is 1. The molecule has 3 aromatic heterocycles. The van der Waals surface area contributed by atoms with E-state index in [1.807, 2.05) is 17.8 Å². The monoisotopic (exact) mass is 447 g/mol. The quantitative estimate of drug-likeness (QED) is 0.363. The van der Waals surface area contributed by atoms with Gasteiger partial charge < -0.3 is 10.2 Å². The Labute approximate surface area is 192 Å². The van der Waals surface area contributed by atoms with Gasteiger partial charge in [-0.3, -0.25) is 0 Å². The van der Waals surface area contributed by atoms with E-state index >= 15 is 0 Å². The van der Waals surface area contributed by atoms with Crippen molar-refractivity contribution in [3.05, 3.63) is 52.6 Å². The molecule has 1 fully saturated rings. The molecule has 1 saturated carbocycles. The van der Waals surface area contributed by atoms with Gasteiger partial charge in [0, 0.05) is 23.7 Å². The molecule has 0 saturated heterocycles. The van der Waals surface area contributed by atoms with Gasteiger partial charge in [-0.25, -0.2) is 19.6 Å². The molecule has 1 N–H and O–H groups in total. The highest BCUT2D eigenvalue weighted by Gasteiger charge is 2.27. The highest BCUT2D eigenvalue weighted by Crippen LogP contribution is 2.37. The van der Waals surface area contributed by atoms with E-state index in [4.69, 9.17) is 9.97 Å². The molecular weight excluding hydrogens is 418 g/mol. The first kappa shape index (κ1) is 21.0. The Bertz CT molecular complexity index is 1180. The Morgan fingerprint density at radius 2 is 2.16 bits per heavy atom. The topological polar surface area (TPSA) is 71.8 Å².